The second-order valence-corrected chi connectivity index (χ2v) is 8.95. The summed E-state index contributed by atoms with van der Waals surface area (Å²) in [4.78, 5) is 24.9. The second kappa shape index (κ2) is 8.67. The highest BCUT2D eigenvalue weighted by atomic mass is 16.5. The summed E-state index contributed by atoms with van der Waals surface area (Å²) in [5, 5.41) is 14.6. The number of fused-ring (bicyclic) bond motifs is 4. The van der Waals surface area contributed by atoms with E-state index in [1.165, 1.54) is 6.92 Å². The van der Waals surface area contributed by atoms with Gasteiger partial charge in [-0.2, -0.15) is 0 Å². The van der Waals surface area contributed by atoms with Crippen LogP contribution in [0.15, 0.2) is 91.0 Å². The van der Waals surface area contributed by atoms with Gasteiger partial charge in [0.15, 0.2) is 0 Å². The number of carboxylic acid groups (broad SMARTS) is 1. The molecule has 0 saturated carbocycles. The fourth-order valence-electron chi connectivity index (χ4n) is 4.79. The molecule has 34 heavy (non-hydrogen) atoms. The van der Waals surface area contributed by atoms with Crippen LogP contribution in [0.1, 0.15) is 29.5 Å². The maximum atomic E-state index is 12.7. The molecule has 5 nitrogen and oxygen atoms in total. The summed E-state index contributed by atoms with van der Waals surface area (Å²) < 4.78 is 5.58. The number of aliphatic carboxylic acids is 1. The smallest absolute Gasteiger partial charge is 0.408 e. The molecule has 0 aromatic heterocycles. The molecule has 0 fully saturated rings. The molecule has 1 aliphatic rings. The largest absolute Gasteiger partial charge is 0.480 e. The van der Waals surface area contributed by atoms with Gasteiger partial charge in [-0.3, -0.25) is 0 Å². The van der Waals surface area contributed by atoms with Gasteiger partial charge in [-0.25, -0.2) is 9.59 Å². The molecule has 1 atom stereocenters. The lowest BCUT2D eigenvalue weighted by molar-refractivity contribution is -0.143. The van der Waals surface area contributed by atoms with Gasteiger partial charge in [0.1, 0.15) is 12.1 Å². The number of hydrogen-bond acceptors (Lipinski definition) is 3. The third-order valence-corrected chi connectivity index (χ3v) is 6.57. The molecule has 1 amide bonds. The fourth-order valence-corrected chi connectivity index (χ4v) is 4.79. The molecule has 0 spiro atoms. The molecule has 0 aliphatic heterocycles. The van der Waals surface area contributed by atoms with Crippen molar-refractivity contribution in [2.45, 2.75) is 24.8 Å². The average Bonchev–Trinajstić information content (AvgIpc) is 3.16. The molecule has 5 heteroatoms. The molecule has 0 radical (unpaired) electrons. The predicted octanol–water partition coefficient (Wildman–Crippen LogP) is 5.76. The van der Waals surface area contributed by atoms with Crippen molar-refractivity contribution >= 4 is 22.8 Å². The molecule has 4 aromatic rings. The Morgan fingerprint density at radius 3 is 2.09 bits per heavy atom. The van der Waals surface area contributed by atoms with Crippen molar-refractivity contribution in [3.63, 3.8) is 0 Å². The van der Waals surface area contributed by atoms with Crippen LogP contribution < -0.4 is 5.32 Å². The molecular formula is C29H25NO4. The van der Waals surface area contributed by atoms with Crippen molar-refractivity contribution in [1.82, 2.24) is 5.32 Å². The van der Waals surface area contributed by atoms with Crippen LogP contribution in [0.5, 0.6) is 0 Å². The van der Waals surface area contributed by atoms with Gasteiger partial charge in [-0.15, -0.1) is 0 Å². The van der Waals surface area contributed by atoms with E-state index in [0.717, 1.165) is 38.6 Å². The highest BCUT2D eigenvalue weighted by Gasteiger charge is 2.36. The summed E-state index contributed by atoms with van der Waals surface area (Å²) in [6, 6.07) is 29.9. The fraction of sp³-hybridized carbons (Fsp3) is 0.172. The van der Waals surface area contributed by atoms with Gasteiger partial charge in [0.2, 0.25) is 0 Å². The number of rotatable bonds is 6. The van der Waals surface area contributed by atoms with Crippen molar-refractivity contribution in [3.05, 3.63) is 108 Å². The topological polar surface area (TPSA) is 75.6 Å². The van der Waals surface area contributed by atoms with Gasteiger partial charge in [-0.05, 0) is 45.5 Å². The Kier molecular flexibility index (Phi) is 5.54. The van der Waals surface area contributed by atoms with E-state index in [2.05, 4.69) is 17.4 Å². The number of alkyl carbamates (subject to hydrolysis) is 1. The number of carbonyl (C=O) groups excluding carboxylic acids is 1. The average molecular weight is 452 g/mol. The lowest BCUT2D eigenvalue weighted by Crippen LogP contribution is -2.54. The summed E-state index contributed by atoms with van der Waals surface area (Å²) >= 11 is 0. The summed E-state index contributed by atoms with van der Waals surface area (Å²) in [6.45, 7) is 1.64. The van der Waals surface area contributed by atoms with Crippen LogP contribution in [0.25, 0.3) is 21.9 Å². The zero-order valence-corrected chi connectivity index (χ0v) is 18.8. The van der Waals surface area contributed by atoms with E-state index < -0.39 is 17.6 Å². The summed E-state index contributed by atoms with van der Waals surface area (Å²) in [7, 11) is 0. The maximum Gasteiger partial charge on any atom is 0.408 e. The first kappa shape index (κ1) is 21.7. The van der Waals surface area contributed by atoms with Gasteiger partial charge in [-0.1, -0.05) is 91.0 Å². The van der Waals surface area contributed by atoms with Crippen LogP contribution in [0.2, 0.25) is 0 Å². The first-order chi connectivity index (χ1) is 16.4. The molecule has 0 unspecified atom stereocenters. The van der Waals surface area contributed by atoms with Crippen molar-refractivity contribution in [2.24, 2.45) is 0 Å². The molecule has 5 rings (SSSR count). The lowest BCUT2D eigenvalue weighted by atomic mass is 9.92. The molecule has 4 aromatic carbocycles. The molecule has 1 aliphatic carbocycles. The monoisotopic (exact) mass is 451 g/mol. The molecule has 2 N–H and O–H groups in total. The number of benzene rings is 4. The lowest BCUT2D eigenvalue weighted by Gasteiger charge is -2.26. The van der Waals surface area contributed by atoms with Crippen molar-refractivity contribution in [3.8, 4) is 11.1 Å². The van der Waals surface area contributed by atoms with Crippen LogP contribution >= 0.6 is 0 Å². The number of ether oxygens (including phenoxy) is 1. The van der Waals surface area contributed by atoms with Crippen LogP contribution in [-0.4, -0.2) is 29.3 Å². The summed E-state index contributed by atoms with van der Waals surface area (Å²) in [6.07, 6.45) is -0.607. The number of carbonyl (C=O) groups is 2. The Morgan fingerprint density at radius 1 is 0.853 bits per heavy atom. The highest BCUT2D eigenvalue weighted by Crippen LogP contribution is 2.44. The van der Waals surface area contributed by atoms with Crippen LogP contribution in [0.4, 0.5) is 4.79 Å². The number of nitrogens with one attached hydrogen (secondary N) is 1. The van der Waals surface area contributed by atoms with Gasteiger partial charge < -0.3 is 15.2 Å². The van der Waals surface area contributed by atoms with E-state index in [-0.39, 0.29) is 18.9 Å². The quantitative estimate of drug-likeness (QED) is 0.391. The first-order valence-corrected chi connectivity index (χ1v) is 11.3. The minimum absolute atomic E-state index is 0.0882. The standard InChI is InChI=1S/C29H25NO4/c1-29(27(31)32,17-19-14-15-20-8-2-3-9-21(20)16-19)30-28(33)34-18-26-24-12-6-4-10-22(24)23-11-5-7-13-25(23)26/h2-16,26H,17-18H2,1H3,(H,30,33)(H,31,32)/t29-/m0/s1. The highest BCUT2D eigenvalue weighted by molar-refractivity contribution is 5.86. The molecule has 170 valence electrons. The Balaban J connectivity index is 1.31. The van der Waals surface area contributed by atoms with Gasteiger partial charge in [0.25, 0.3) is 0 Å². The third-order valence-electron chi connectivity index (χ3n) is 6.57. The molecule has 0 heterocycles. The zero-order chi connectivity index (χ0) is 23.7. The van der Waals surface area contributed by atoms with Gasteiger partial charge in [0.05, 0.1) is 0 Å². The molecular weight excluding hydrogens is 426 g/mol. The number of hydrogen-bond donors (Lipinski definition) is 2. The Bertz CT molecular complexity index is 1350. The SMILES string of the molecule is C[C@@](Cc1ccc2ccccc2c1)(NC(=O)OCC1c2ccccc2-c2ccccc21)C(=O)O. The van der Waals surface area contributed by atoms with Crippen LogP contribution in [0, 0.1) is 0 Å². The Morgan fingerprint density at radius 2 is 1.44 bits per heavy atom. The molecule has 0 bridgehead atoms. The van der Waals surface area contributed by atoms with E-state index in [4.69, 9.17) is 4.74 Å². The van der Waals surface area contributed by atoms with E-state index in [1.54, 1.807) is 0 Å². The van der Waals surface area contributed by atoms with Crippen molar-refractivity contribution in [1.29, 1.82) is 0 Å². The van der Waals surface area contributed by atoms with Crippen molar-refractivity contribution < 1.29 is 19.4 Å². The zero-order valence-electron chi connectivity index (χ0n) is 18.8. The minimum Gasteiger partial charge on any atom is -0.480 e. The van der Waals surface area contributed by atoms with E-state index in [0.29, 0.717) is 0 Å². The van der Waals surface area contributed by atoms with Crippen LogP contribution in [0.3, 0.4) is 0 Å². The van der Waals surface area contributed by atoms with Gasteiger partial charge >= 0.3 is 12.1 Å². The van der Waals surface area contributed by atoms with Crippen molar-refractivity contribution in [2.75, 3.05) is 6.61 Å². The van der Waals surface area contributed by atoms with Crippen LogP contribution in [-0.2, 0) is 16.0 Å². The summed E-state index contributed by atoms with van der Waals surface area (Å²) in [5.41, 5.74) is 3.80. The molecule has 0 saturated heterocycles. The van der Waals surface area contributed by atoms with Gasteiger partial charge in [0, 0.05) is 12.3 Å². The Labute approximate surface area is 198 Å². The van der Waals surface area contributed by atoms with E-state index in [1.807, 2.05) is 78.9 Å². The first-order valence-electron chi connectivity index (χ1n) is 11.3. The second-order valence-electron chi connectivity index (χ2n) is 8.95. The predicted molar refractivity (Wildman–Crippen MR) is 132 cm³/mol. The number of carboxylic acids is 1. The summed E-state index contributed by atoms with van der Waals surface area (Å²) in [5.74, 6) is -1.20. The third kappa shape index (κ3) is 4.01. The van der Waals surface area contributed by atoms with E-state index >= 15 is 0 Å². The Hall–Kier alpha value is -4.12. The van der Waals surface area contributed by atoms with E-state index in [9.17, 15) is 14.7 Å². The maximum absolute atomic E-state index is 12.7. The minimum atomic E-state index is -1.51. The normalized spacial score (nSPS) is 14.1. The number of amides is 1.